The van der Waals surface area contributed by atoms with Gasteiger partial charge in [0.2, 0.25) is 10.0 Å². The Morgan fingerprint density at radius 2 is 1.84 bits per heavy atom. The number of nitrogens with zero attached hydrogens (tertiary/aromatic N) is 2. The minimum absolute atomic E-state index is 0.165. The van der Waals surface area contributed by atoms with Crippen LogP contribution in [0.15, 0.2) is 39.5 Å². The van der Waals surface area contributed by atoms with E-state index in [4.69, 9.17) is 9.15 Å². The van der Waals surface area contributed by atoms with Gasteiger partial charge < -0.3 is 14.1 Å². The molecule has 1 aromatic heterocycles. The highest BCUT2D eigenvalue weighted by molar-refractivity contribution is 7.88. The van der Waals surface area contributed by atoms with Crippen molar-refractivity contribution in [3.63, 3.8) is 0 Å². The molecular formula is C16H18N2O6S. The van der Waals surface area contributed by atoms with Crippen molar-refractivity contribution in [3.05, 3.63) is 40.8 Å². The second-order valence-corrected chi connectivity index (χ2v) is 7.77. The first-order valence-electron chi connectivity index (χ1n) is 7.72. The monoisotopic (exact) mass is 366 g/mol. The molecule has 3 rings (SSSR count). The number of hydrogen-bond donors (Lipinski definition) is 0. The van der Waals surface area contributed by atoms with Crippen LogP contribution in [0.2, 0.25) is 0 Å². The van der Waals surface area contributed by atoms with Gasteiger partial charge in [-0.25, -0.2) is 13.2 Å². The van der Waals surface area contributed by atoms with Crippen molar-refractivity contribution in [2.75, 3.05) is 39.0 Å². The summed E-state index contributed by atoms with van der Waals surface area (Å²) in [7, 11) is -3.23. The molecule has 0 unspecified atom stereocenters. The van der Waals surface area contributed by atoms with E-state index in [1.807, 2.05) is 0 Å². The summed E-state index contributed by atoms with van der Waals surface area (Å²) in [6.45, 7) is 1.07. The zero-order chi connectivity index (χ0) is 18.0. The Kier molecular flexibility index (Phi) is 4.78. The molecule has 0 saturated carbocycles. The Labute approximate surface area is 144 Å². The van der Waals surface area contributed by atoms with Crippen LogP contribution < -0.4 is 10.4 Å². The molecule has 1 fully saturated rings. The third-order valence-corrected chi connectivity index (χ3v) is 5.32. The van der Waals surface area contributed by atoms with E-state index in [0.29, 0.717) is 24.4 Å². The quantitative estimate of drug-likeness (QED) is 0.721. The molecular weight excluding hydrogens is 348 g/mol. The Morgan fingerprint density at radius 1 is 1.16 bits per heavy atom. The van der Waals surface area contributed by atoms with Gasteiger partial charge in [0, 0.05) is 43.7 Å². The van der Waals surface area contributed by atoms with E-state index >= 15 is 0 Å². The number of sulfonamides is 1. The van der Waals surface area contributed by atoms with Crippen LogP contribution >= 0.6 is 0 Å². The second-order valence-electron chi connectivity index (χ2n) is 5.79. The van der Waals surface area contributed by atoms with Gasteiger partial charge in [-0.2, -0.15) is 4.31 Å². The molecule has 0 radical (unpaired) electrons. The fourth-order valence-electron chi connectivity index (χ4n) is 2.64. The van der Waals surface area contributed by atoms with E-state index < -0.39 is 15.6 Å². The number of amides is 1. The average molecular weight is 366 g/mol. The van der Waals surface area contributed by atoms with Crippen LogP contribution in [0.25, 0.3) is 11.0 Å². The highest BCUT2D eigenvalue weighted by Gasteiger charge is 2.26. The van der Waals surface area contributed by atoms with E-state index in [1.54, 1.807) is 29.2 Å². The van der Waals surface area contributed by atoms with Gasteiger partial charge in [-0.15, -0.1) is 0 Å². The lowest BCUT2D eigenvalue weighted by atomic mass is 10.2. The summed E-state index contributed by atoms with van der Waals surface area (Å²) in [6, 6.07) is 7.98. The van der Waals surface area contributed by atoms with Crippen LogP contribution in [0.1, 0.15) is 0 Å². The zero-order valence-electron chi connectivity index (χ0n) is 13.7. The van der Waals surface area contributed by atoms with Crippen molar-refractivity contribution in [1.29, 1.82) is 0 Å². The van der Waals surface area contributed by atoms with Gasteiger partial charge in [0.15, 0.2) is 6.61 Å². The molecule has 2 aromatic rings. The molecule has 134 valence electrons. The molecule has 0 N–H and O–H groups in total. The van der Waals surface area contributed by atoms with Crippen molar-refractivity contribution in [3.8, 4) is 5.75 Å². The summed E-state index contributed by atoms with van der Waals surface area (Å²) < 4.78 is 34.8. The maximum absolute atomic E-state index is 12.2. The highest BCUT2D eigenvalue weighted by Crippen LogP contribution is 2.19. The van der Waals surface area contributed by atoms with Crippen LogP contribution in [0.3, 0.4) is 0 Å². The summed E-state index contributed by atoms with van der Waals surface area (Å²) in [5.74, 6) is 0.202. The molecule has 1 aliphatic rings. The number of fused-ring (bicyclic) bond motifs is 1. The van der Waals surface area contributed by atoms with Gasteiger partial charge in [0.05, 0.1) is 6.26 Å². The maximum Gasteiger partial charge on any atom is 0.336 e. The van der Waals surface area contributed by atoms with Crippen LogP contribution in [0.4, 0.5) is 0 Å². The number of benzene rings is 1. The molecule has 1 saturated heterocycles. The zero-order valence-corrected chi connectivity index (χ0v) is 14.5. The van der Waals surface area contributed by atoms with E-state index in [9.17, 15) is 18.0 Å². The molecule has 1 amide bonds. The largest absolute Gasteiger partial charge is 0.484 e. The topological polar surface area (TPSA) is 97.1 Å². The minimum atomic E-state index is -3.23. The van der Waals surface area contributed by atoms with Crippen molar-refractivity contribution >= 4 is 26.9 Å². The van der Waals surface area contributed by atoms with E-state index in [2.05, 4.69) is 0 Å². The van der Waals surface area contributed by atoms with Gasteiger partial charge in [0.25, 0.3) is 5.91 Å². The lowest BCUT2D eigenvalue weighted by Crippen LogP contribution is -2.51. The summed E-state index contributed by atoms with van der Waals surface area (Å²) in [5.41, 5.74) is -0.0660. The first-order chi connectivity index (χ1) is 11.8. The lowest BCUT2D eigenvalue weighted by molar-refractivity contribution is -0.134. The van der Waals surface area contributed by atoms with Gasteiger partial charge in [-0.3, -0.25) is 4.79 Å². The van der Waals surface area contributed by atoms with Gasteiger partial charge >= 0.3 is 5.63 Å². The normalized spacial score (nSPS) is 16.1. The third-order valence-electron chi connectivity index (χ3n) is 4.02. The molecule has 8 nitrogen and oxygen atoms in total. The van der Waals surface area contributed by atoms with Crippen molar-refractivity contribution in [2.24, 2.45) is 0 Å². The summed E-state index contributed by atoms with van der Waals surface area (Å²) >= 11 is 0. The van der Waals surface area contributed by atoms with Gasteiger partial charge in [-0.05, 0) is 18.2 Å². The standard InChI is InChI=1S/C16H18N2O6S/c1-25(21,22)18-8-6-17(7-9-18)15(19)11-23-13-4-2-12-3-5-16(20)24-14(12)10-13/h2-5,10H,6-9,11H2,1H3. The Morgan fingerprint density at radius 3 is 2.52 bits per heavy atom. The Hall–Kier alpha value is -2.39. The molecule has 0 atom stereocenters. The highest BCUT2D eigenvalue weighted by atomic mass is 32.2. The molecule has 0 bridgehead atoms. The van der Waals surface area contributed by atoms with Crippen molar-refractivity contribution < 1.29 is 22.4 Å². The van der Waals surface area contributed by atoms with E-state index in [0.717, 1.165) is 11.6 Å². The van der Waals surface area contributed by atoms with Gasteiger partial charge in [0.1, 0.15) is 11.3 Å². The number of carbonyl (C=O) groups is 1. The number of rotatable bonds is 4. The van der Waals surface area contributed by atoms with E-state index in [1.165, 1.54) is 10.4 Å². The summed E-state index contributed by atoms with van der Waals surface area (Å²) in [5, 5.41) is 0.759. The van der Waals surface area contributed by atoms with Gasteiger partial charge in [-0.1, -0.05) is 0 Å². The number of ether oxygens (including phenoxy) is 1. The Bertz CT molecular complexity index is 944. The average Bonchev–Trinajstić information content (AvgIpc) is 2.58. The molecule has 1 aliphatic heterocycles. The van der Waals surface area contributed by atoms with Crippen LogP contribution in [-0.2, 0) is 14.8 Å². The first-order valence-corrected chi connectivity index (χ1v) is 9.57. The number of hydrogen-bond acceptors (Lipinski definition) is 6. The number of carbonyl (C=O) groups excluding carboxylic acids is 1. The summed E-state index contributed by atoms with van der Waals surface area (Å²) in [6.07, 6.45) is 1.16. The fraction of sp³-hybridized carbons (Fsp3) is 0.375. The molecule has 1 aromatic carbocycles. The second kappa shape index (κ2) is 6.85. The van der Waals surface area contributed by atoms with Crippen LogP contribution in [-0.4, -0.2) is 62.6 Å². The predicted octanol–water partition coefficient (Wildman–Crippen LogP) is 0.276. The Balaban J connectivity index is 1.58. The molecule has 0 spiro atoms. The first kappa shape index (κ1) is 17.4. The maximum atomic E-state index is 12.2. The summed E-state index contributed by atoms with van der Waals surface area (Å²) in [4.78, 5) is 25.0. The minimum Gasteiger partial charge on any atom is -0.484 e. The fourth-order valence-corrected chi connectivity index (χ4v) is 3.46. The predicted molar refractivity (Wildman–Crippen MR) is 91.0 cm³/mol. The smallest absolute Gasteiger partial charge is 0.336 e. The number of piperazine rings is 1. The third kappa shape index (κ3) is 4.18. The molecule has 9 heteroatoms. The van der Waals surface area contributed by atoms with Crippen molar-refractivity contribution in [1.82, 2.24) is 9.21 Å². The van der Waals surface area contributed by atoms with Crippen LogP contribution in [0.5, 0.6) is 5.75 Å². The van der Waals surface area contributed by atoms with Crippen LogP contribution in [0, 0.1) is 0 Å². The lowest BCUT2D eigenvalue weighted by Gasteiger charge is -2.33. The van der Waals surface area contributed by atoms with Crippen molar-refractivity contribution in [2.45, 2.75) is 0 Å². The SMILES string of the molecule is CS(=O)(=O)N1CCN(C(=O)COc2ccc3ccc(=O)oc3c2)CC1. The van der Waals surface area contributed by atoms with E-state index in [-0.39, 0.29) is 25.6 Å². The molecule has 0 aliphatic carbocycles. The molecule has 25 heavy (non-hydrogen) atoms. The molecule has 2 heterocycles.